The molecule has 2 aromatic carbocycles. The Morgan fingerprint density at radius 2 is 1.80 bits per heavy atom. The van der Waals surface area contributed by atoms with Crippen molar-refractivity contribution in [1.82, 2.24) is 0 Å². The van der Waals surface area contributed by atoms with Crippen LogP contribution in [-0.4, -0.2) is 17.2 Å². The molecule has 0 saturated heterocycles. The van der Waals surface area contributed by atoms with Gasteiger partial charge in [0.05, 0.1) is 7.11 Å². The van der Waals surface area contributed by atoms with E-state index in [1.165, 1.54) is 0 Å². The number of phenols is 1. The van der Waals surface area contributed by atoms with Gasteiger partial charge in [0.1, 0.15) is 28.8 Å². The van der Waals surface area contributed by atoms with Crippen LogP contribution in [0.5, 0.6) is 17.2 Å². The maximum atomic E-state index is 9.22. The second-order valence-electron chi connectivity index (χ2n) is 4.22. The van der Waals surface area contributed by atoms with Gasteiger partial charge < -0.3 is 20.3 Å². The number of hydrogen-bond donors (Lipinski definition) is 2. The van der Waals surface area contributed by atoms with Crippen LogP contribution in [-0.2, 0) is 6.61 Å². The molecule has 4 nitrogen and oxygen atoms in total. The lowest BCUT2D eigenvalue weighted by Gasteiger charge is -2.10. The summed E-state index contributed by atoms with van der Waals surface area (Å²) in [7, 11) is 1.57. The van der Waals surface area contributed by atoms with Crippen molar-refractivity contribution in [3.8, 4) is 17.2 Å². The van der Waals surface area contributed by atoms with E-state index in [4.69, 9.17) is 27.4 Å². The van der Waals surface area contributed by atoms with Crippen molar-refractivity contribution < 1.29 is 14.6 Å². The SMILES string of the molecule is COc1cc(OCc2ccc(O)cc2)cc(C(N)=S)c1. The number of rotatable bonds is 5. The molecule has 0 amide bonds. The van der Waals surface area contributed by atoms with E-state index in [1.54, 1.807) is 49.6 Å². The molecule has 0 aliphatic heterocycles. The molecule has 0 heterocycles. The van der Waals surface area contributed by atoms with Crippen molar-refractivity contribution in [2.24, 2.45) is 5.73 Å². The van der Waals surface area contributed by atoms with Gasteiger partial charge in [-0.3, -0.25) is 0 Å². The number of aromatic hydroxyl groups is 1. The zero-order chi connectivity index (χ0) is 14.5. The van der Waals surface area contributed by atoms with E-state index in [9.17, 15) is 5.11 Å². The van der Waals surface area contributed by atoms with Gasteiger partial charge >= 0.3 is 0 Å². The highest BCUT2D eigenvalue weighted by atomic mass is 32.1. The second-order valence-corrected chi connectivity index (χ2v) is 4.66. The van der Waals surface area contributed by atoms with Gasteiger partial charge in [0.15, 0.2) is 0 Å². The molecule has 0 aromatic heterocycles. The van der Waals surface area contributed by atoms with E-state index >= 15 is 0 Å². The fraction of sp³-hybridized carbons (Fsp3) is 0.133. The zero-order valence-corrected chi connectivity index (χ0v) is 11.8. The van der Waals surface area contributed by atoms with Crippen molar-refractivity contribution in [3.05, 3.63) is 53.6 Å². The molecule has 0 radical (unpaired) electrons. The van der Waals surface area contributed by atoms with Gasteiger partial charge in [-0.2, -0.15) is 0 Å². The van der Waals surface area contributed by atoms with Crippen LogP contribution in [0.25, 0.3) is 0 Å². The Balaban J connectivity index is 2.14. The van der Waals surface area contributed by atoms with Crippen LogP contribution in [0.4, 0.5) is 0 Å². The lowest BCUT2D eigenvalue weighted by molar-refractivity contribution is 0.303. The van der Waals surface area contributed by atoms with Crippen molar-refractivity contribution in [2.75, 3.05) is 7.11 Å². The molecule has 0 fully saturated rings. The van der Waals surface area contributed by atoms with Gasteiger partial charge in [-0.05, 0) is 29.8 Å². The number of thiocarbonyl (C=S) groups is 1. The first kappa shape index (κ1) is 14.1. The van der Waals surface area contributed by atoms with Crippen LogP contribution in [0.15, 0.2) is 42.5 Å². The lowest BCUT2D eigenvalue weighted by Crippen LogP contribution is -2.09. The van der Waals surface area contributed by atoms with E-state index in [-0.39, 0.29) is 5.75 Å². The predicted molar refractivity (Wildman–Crippen MR) is 81.3 cm³/mol. The normalized spacial score (nSPS) is 10.1. The molecule has 0 bridgehead atoms. The number of methoxy groups -OCH3 is 1. The number of ether oxygens (including phenoxy) is 2. The largest absolute Gasteiger partial charge is 0.508 e. The van der Waals surface area contributed by atoms with Crippen molar-refractivity contribution >= 4 is 17.2 Å². The number of benzene rings is 2. The Labute approximate surface area is 122 Å². The van der Waals surface area contributed by atoms with E-state index < -0.39 is 0 Å². The van der Waals surface area contributed by atoms with Crippen molar-refractivity contribution in [2.45, 2.75) is 6.61 Å². The standard InChI is InChI=1S/C15H15NO3S/c1-18-13-6-11(15(16)20)7-14(8-13)19-9-10-2-4-12(17)5-3-10/h2-8,17H,9H2,1H3,(H2,16,20). The van der Waals surface area contributed by atoms with E-state index in [0.717, 1.165) is 5.56 Å². The molecule has 2 aromatic rings. The van der Waals surface area contributed by atoms with Gasteiger partial charge in [-0.1, -0.05) is 24.4 Å². The third-order valence-electron chi connectivity index (χ3n) is 2.74. The third-order valence-corrected chi connectivity index (χ3v) is 2.98. The van der Waals surface area contributed by atoms with Crippen LogP contribution >= 0.6 is 12.2 Å². The van der Waals surface area contributed by atoms with Crippen molar-refractivity contribution in [3.63, 3.8) is 0 Å². The van der Waals surface area contributed by atoms with Crippen molar-refractivity contribution in [1.29, 1.82) is 0 Å². The zero-order valence-electron chi connectivity index (χ0n) is 11.0. The summed E-state index contributed by atoms with van der Waals surface area (Å²) in [5.74, 6) is 1.49. The molecule has 20 heavy (non-hydrogen) atoms. The summed E-state index contributed by atoms with van der Waals surface area (Å²) in [5.41, 5.74) is 7.26. The Bertz CT molecular complexity index is 611. The van der Waals surface area contributed by atoms with E-state index in [2.05, 4.69) is 0 Å². The first-order valence-corrected chi connectivity index (χ1v) is 6.39. The monoisotopic (exact) mass is 289 g/mol. The van der Waals surface area contributed by atoms with Gasteiger partial charge in [0.2, 0.25) is 0 Å². The summed E-state index contributed by atoms with van der Waals surface area (Å²) in [5, 5.41) is 9.22. The fourth-order valence-corrected chi connectivity index (χ4v) is 1.79. The molecule has 3 N–H and O–H groups in total. The Hall–Kier alpha value is -2.27. The van der Waals surface area contributed by atoms with Crippen LogP contribution < -0.4 is 15.2 Å². The highest BCUT2D eigenvalue weighted by Crippen LogP contribution is 2.23. The maximum Gasteiger partial charge on any atom is 0.124 e. The summed E-state index contributed by atoms with van der Waals surface area (Å²) in [6.45, 7) is 0.379. The van der Waals surface area contributed by atoms with Gasteiger partial charge in [-0.25, -0.2) is 0 Å². The molecular weight excluding hydrogens is 274 g/mol. The minimum absolute atomic E-state index is 0.228. The molecule has 0 atom stereocenters. The van der Waals surface area contributed by atoms with Gasteiger partial charge in [-0.15, -0.1) is 0 Å². The van der Waals surface area contributed by atoms with Crippen LogP contribution in [0, 0.1) is 0 Å². The van der Waals surface area contributed by atoms with Crippen LogP contribution in [0.2, 0.25) is 0 Å². The Kier molecular flexibility index (Phi) is 4.42. The molecule has 0 aliphatic rings. The highest BCUT2D eigenvalue weighted by molar-refractivity contribution is 7.80. The lowest BCUT2D eigenvalue weighted by atomic mass is 10.2. The molecule has 0 spiro atoms. The fourth-order valence-electron chi connectivity index (χ4n) is 1.67. The number of nitrogens with two attached hydrogens (primary N) is 1. The second kappa shape index (κ2) is 6.25. The minimum atomic E-state index is 0.228. The summed E-state index contributed by atoms with van der Waals surface area (Å²) >= 11 is 4.96. The Morgan fingerprint density at radius 3 is 2.40 bits per heavy atom. The molecule has 0 aliphatic carbocycles. The summed E-state index contributed by atoms with van der Waals surface area (Å²) in [6.07, 6.45) is 0. The topological polar surface area (TPSA) is 64.7 Å². The number of phenolic OH excluding ortho intramolecular Hbond substituents is 1. The molecule has 0 unspecified atom stereocenters. The first-order chi connectivity index (χ1) is 9.58. The molecular formula is C15H15NO3S. The first-order valence-electron chi connectivity index (χ1n) is 5.98. The molecule has 0 saturated carbocycles. The average Bonchev–Trinajstić information content (AvgIpc) is 2.46. The average molecular weight is 289 g/mol. The smallest absolute Gasteiger partial charge is 0.124 e. The Morgan fingerprint density at radius 1 is 1.15 bits per heavy atom. The molecule has 2 rings (SSSR count). The molecule has 5 heteroatoms. The predicted octanol–water partition coefficient (Wildman–Crippen LogP) is 2.61. The van der Waals surface area contributed by atoms with E-state index in [1.807, 2.05) is 0 Å². The highest BCUT2D eigenvalue weighted by Gasteiger charge is 2.05. The van der Waals surface area contributed by atoms with Gasteiger partial charge in [0, 0.05) is 11.6 Å². The number of hydrogen-bond acceptors (Lipinski definition) is 4. The van der Waals surface area contributed by atoms with Crippen LogP contribution in [0.1, 0.15) is 11.1 Å². The van der Waals surface area contributed by atoms with E-state index in [0.29, 0.717) is 28.7 Å². The summed E-state index contributed by atoms with van der Waals surface area (Å²) in [6, 6.07) is 12.1. The van der Waals surface area contributed by atoms with Crippen LogP contribution in [0.3, 0.4) is 0 Å². The summed E-state index contributed by atoms with van der Waals surface area (Å²) < 4.78 is 10.9. The maximum absolute atomic E-state index is 9.22. The van der Waals surface area contributed by atoms with Gasteiger partial charge in [0.25, 0.3) is 0 Å². The molecule has 104 valence electrons. The minimum Gasteiger partial charge on any atom is -0.508 e. The third kappa shape index (κ3) is 3.61. The summed E-state index contributed by atoms with van der Waals surface area (Å²) in [4.78, 5) is 0.290. The quantitative estimate of drug-likeness (QED) is 0.828.